The zero-order valence-electron chi connectivity index (χ0n) is 17.0. The van der Waals surface area contributed by atoms with Crippen molar-refractivity contribution in [2.75, 3.05) is 12.4 Å². The van der Waals surface area contributed by atoms with Gasteiger partial charge in [-0.05, 0) is 67.6 Å². The summed E-state index contributed by atoms with van der Waals surface area (Å²) >= 11 is 0. The van der Waals surface area contributed by atoms with Crippen LogP contribution in [0, 0.1) is 5.82 Å². The summed E-state index contributed by atoms with van der Waals surface area (Å²) in [5, 5.41) is 5.65. The standard InChI is InChI=1S/C23H27FN2O4/c1-29-20-12-5-16(6-13-20)7-14-22(27)25-19-3-2-4-21(15-19)30-23(28)26-18-10-8-17(24)9-11-18/h5-6,8-13,19,21H,2-4,7,14-15H2,1H3,(H,25,27)(H,26,28). The number of rotatable bonds is 7. The van der Waals surface area contributed by atoms with Crippen LogP contribution in [0.3, 0.4) is 0 Å². The lowest BCUT2D eigenvalue weighted by Gasteiger charge is -2.29. The van der Waals surface area contributed by atoms with Crippen LogP contribution < -0.4 is 15.4 Å². The molecule has 1 aliphatic carbocycles. The van der Waals surface area contributed by atoms with Crippen molar-refractivity contribution < 1.29 is 23.5 Å². The number of benzene rings is 2. The monoisotopic (exact) mass is 414 g/mol. The quantitative estimate of drug-likeness (QED) is 0.702. The molecule has 7 heteroatoms. The topological polar surface area (TPSA) is 76.7 Å². The first-order chi connectivity index (χ1) is 14.5. The molecule has 2 N–H and O–H groups in total. The third kappa shape index (κ3) is 6.76. The van der Waals surface area contributed by atoms with Crippen molar-refractivity contribution in [2.24, 2.45) is 0 Å². The Balaban J connectivity index is 1.40. The van der Waals surface area contributed by atoms with Crippen LogP contribution in [0.25, 0.3) is 0 Å². The Hall–Kier alpha value is -3.09. The minimum absolute atomic E-state index is 0.00719. The van der Waals surface area contributed by atoms with Gasteiger partial charge in [-0.25, -0.2) is 9.18 Å². The lowest BCUT2D eigenvalue weighted by molar-refractivity contribution is -0.122. The van der Waals surface area contributed by atoms with Gasteiger partial charge in [0.15, 0.2) is 0 Å². The Morgan fingerprint density at radius 1 is 1.07 bits per heavy atom. The second-order valence-electron chi connectivity index (χ2n) is 7.44. The van der Waals surface area contributed by atoms with Gasteiger partial charge in [0.25, 0.3) is 0 Å². The summed E-state index contributed by atoms with van der Waals surface area (Å²) in [4.78, 5) is 24.4. The predicted molar refractivity (Wildman–Crippen MR) is 112 cm³/mol. The Labute approximate surface area is 175 Å². The van der Waals surface area contributed by atoms with E-state index in [0.717, 1.165) is 30.6 Å². The highest BCUT2D eigenvalue weighted by Gasteiger charge is 2.26. The molecule has 1 aliphatic rings. The van der Waals surface area contributed by atoms with Gasteiger partial charge >= 0.3 is 6.09 Å². The molecule has 1 fully saturated rings. The maximum Gasteiger partial charge on any atom is 0.411 e. The van der Waals surface area contributed by atoms with Gasteiger partial charge in [0, 0.05) is 24.6 Å². The molecule has 2 aromatic carbocycles. The third-order valence-electron chi connectivity index (χ3n) is 5.16. The number of ether oxygens (including phenoxy) is 2. The summed E-state index contributed by atoms with van der Waals surface area (Å²) < 4.78 is 23.6. The van der Waals surface area contributed by atoms with E-state index in [1.54, 1.807) is 7.11 Å². The summed E-state index contributed by atoms with van der Waals surface area (Å²) in [7, 11) is 1.62. The molecule has 2 aromatic rings. The average Bonchev–Trinajstić information content (AvgIpc) is 2.74. The fourth-order valence-electron chi connectivity index (χ4n) is 3.56. The highest BCUT2D eigenvalue weighted by Crippen LogP contribution is 2.22. The number of carbonyl (C=O) groups is 2. The van der Waals surface area contributed by atoms with E-state index in [2.05, 4.69) is 10.6 Å². The van der Waals surface area contributed by atoms with E-state index in [0.29, 0.717) is 24.9 Å². The molecule has 0 bridgehead atoms. The van der Waals surface area contributed by atoms with Crippen LogP contribution >= 0.6 is 0 Å². The number of anilines is 1. The predicted octanol–water partition coefficient (Wildman–Crippen LogP) is 4.44. The largest absolute Gasteiger partial charge is 0.497 e. The third-order valence-corrected chi connectivity index (χ3v) is 5.16. The smallest absolute Gasteiger partial charge is 0.411 e. The van der Waals surface area contributed by atoms with E-state index in [4.69, 9.17) is 9.47 Å². The van der Waals surface area contributed by atoms with Crippen LogP contribution in [-0.2, 0) is 16.0 Å². The van der Waals surface area contributed by atoms with Gasteiger partial charge in [-0.15, -0.1) is 0 Å². The van der Waals surface area contributed by atoms with Gasteiger partial charge in [-0.1, -0.05) is 12.1 Å². The molecule has 0 saturated heterocycles. The number of methoxy groups -OCH3 is 1. The molecule has 2 atom stereocenters. The minimum atomic E-state index is -0.571. The number of aryl methyl sites for hydroxylation is 1. The van der Waals surface area contributed by atoms with Crippen LogP contribution in [0.15, 0.2) is 48.5 Å². The normalized spacial score (nSPS) is 18.3. The van der Waals surface area contributed by atoms with E-state index in [-0.39, 0.29) is 23.9 Å². The highest BCUT2D eigenvalue weighted by molar-refractivity contribution is 5.84. The van der Waals surface area contributed by atoms with E-state index >= 15 is 0 Å². The van der Waals surface area contributed by atoms with Crippen LogP contribution in [0.4, 0.5) is 14.9 Å². The van der Waals surface area contributed by atoms with Crippen molar-refractivity contribution in [3.63, 3.8) is 0 Å². The van der Waals surface area contributed by atoms with Crippen LogP contribution in [-0.4, -0.2) is 31.3 Å². The molecule has 3 rings (SSSR count). The molecule has 2 amide bonds. The fraction of sp³-hybridized carbons (Fsp3) is 0.391. The molecular weight excluding hydrogens is 387 g/mol. The number of carbonyl (C=O) groups excluding carboxylic acids is 2. The van der Waals surface area contributed by atoms with Gasteiger partial charge < -0.3 is 14.8 Å². The van der Waals surface area contributed by atoms with Crippen molar-refractivity contribution in [1.29, 1.82) is 0 Å². The summed E-state index contributed by atoms with van der Waals surface area (Å²) in [6.45, 7) is 0. The van der Waals surface area contributed by atoms with Crippen molar-refractivity contribution in [3.05, 3.63) is 59.9 Å². The summed E-state index contributed by atoms with van der Waals surface area (Å²) in [6.07, 6.45) is 3.32. The van der Waals surface area contributed by atoms with Crippen molar-refractivity contribution >= 4 is 17.7 Å². The van der Waals surface area contributed by atoms with Gasteiger partial charge in [0.2, 0.25) is 5.91 Å². The molecule has 160 valence electrons. The number of nitrogens with one attached hydrogen (secondary N) is 2. The SMILES string of the molecule is COc1ccc(CCC(=O)NC2CCCC(OC(=O)Nc3ccc(F)cc3)C2)cc1. The van der Waals surface area contributed by atoms with Crippen LogP contribution in [0.5, 0.6) is 5.75 Å². The summed E-state index contributed by atoms with van der Waals surface area (Å²) in [5.74, 6) is 0.416. The first kappa shape index (κ1) is 21.6. The van der Waals surface area contributed by atoms with Crippen molar-refractivity contribution in [2.45, 2.75) is 50.7 Å². The molecule has 0 heterocycles. The maximum atomic E-state index is 12.9. The van der Waals surface area contributed by atoms with E-state index < -0.39 is 6.09 Å². The van der Waals surface area contributed by atoms with Crippen LogP contribution in [0.2, 0.25) is 0 Å². The zero-order valence-corrected chi connectivity index (χ0v) is 17.0. The molecule has 0 radical (unpaired) electrons. The van der Waals surface area contributed by atoms with Gasteiger partial charge in [-0.2, -0.15) is 0 Å². The molecule has 0 aromatic heterocycles. The fourth-order valence-corrected chi connectivity index (χ4v) is 3.56. The maximum absolute atomic E-state index is 12.9. The average molecular weight is 414 g/mol. The zero-order chi connectivity index (χ0) is 21.3. The Kier molecular flexibility index (Phi) is 7.65. The Morgan fingerprint density at radius 2 is 1.80 bits per heavy atom. The minimum Gasteiger partial charge on any atom is -0.497 e. The van der Waals surface area contributed by atoms with Gasteiger partial charge in [0.05, 0.1) is 7.11 Å². The van der Waals surface area contributed by atoms with E-state index in [1.165, 1.54) is 24.3 Å². The van der Waals surface area contributed by atoms with Crippen LogP contribution in [0.1, 0.15) is 37.7 Å². The van der Waals surface area contributed by atoms with Gasteiger partial charge in [0.1, 0.15) is 17.7 Å². The Bertz CT molecular complexity index is 839. The Morgan fingerprint density at radius 3 is 2.50 bits per heavy atom. The van der Waals surface area contributed by atoms with Gasteiger partial charge in [-0.3, -0.25) is 10.1 Å². The number of hydrogen-bond acceptors (Lipinski definition) is 4. The van der Waals surface area contributed by atoms with Crippen molar-refractivity contribution in [3.8, 4) is 5.75 Å². The number of halogens is 1. The molecule has 0 spiro atoms. The first-order valence-corrected chi connectivity index (χ1v) is 10.2. The highest BCUT2D eigenvalue weighted by atomic mass is 19.1. The molecule has 6 nitrogen and oxygen atoms in total. The van der Waals surface area contributed by atoms with Crippen molar-refractivity contribution in [1.82, 2.24) is 5.32 Å². The second-order valence-corrected chi connectivity index (χ2v) is 7.44. The molecule has 0 aliphatic heterocycles. The first-order valence-electron chi connectivity index (χ1n) is 10.2. The number of hydrogen-bond donors (Lipinski definition) is 2. The lowest BCUT2D eigenvalue weighted by Crippen LogP contribution is -2.41. The molecule has 1 saturated carbocycles. The van der Waals surface area contributed by atoms with E-state index in [9.17, 15) is 14.0 Å². The molecule has 2 unspecified atom stereocenters. The molecular formula is C23H27FN2O4. The summed E-state index contributed by atoms with van der Waals surface area (Å²) in [5.41, 5.74) is 1.55. The second kappa shape index (κ2) is 10.6. The van der Waals surface area contributed by atoms with E-state index in [1.807, 2.05) is 24.3 Å². The molecule has 30 heavy (non-hydrogen) atoms. The summed E-state index contributed by atoms with van der Waals surface area (Å²) in [6, 6.07) is 13.2. The number of amides is 2. The lowest BCUT2D eigenvalue weighted by atomic mass is 9.92.